The zero-order valence-electron chi connectivity index (χ0n) is 18.8. The first-order valence-electron chi connectivity index (χ1n) is 11.0. The highest BCUT2D eigenvalue weighted by Gasteiger charge is 2.17. The molecule has 0 saturated heterocycles. The van der Waals surface area contributed by atoms with E-state index in [2.05, 4.69) is 30.6 Å². The van der Waals surface area contributed by atoms with Crippen molar-refractivity contribution < 1.29 is 14.7 Å². The minimum Gasteiger partial charge on any atom is -0.508 e. The number of phenols is 1. The van der Waals surface area contributed by atoms with Crippen LogP contribution < -0.4 is 10.6 Å². The van der Waals surface area contributed by atoms with Gasteiger partial charge in [0.25, 0.3) is 11.8 Å². The third-order valence-electron chi connectivity index (χ3n) is 5.66. The van der Waals surface area contributed by atoms with Crippen LogP contribution in [0.25, 0.3) is 16.6 Å². The maximum absolute atomic E-state index is 12.5. The van der Waals surface area contributed by atoms with Crippen molar-refractivity contribution in [2.24, 2.45) is 0 Å². The van der Waals surface area contributed by atoms with Gasteiger partial charge in [0.15, 0.2) is 0 Å². The lowest BCUT2D eigenvalue weighted by atomic mass is 10.0. The van der Waals surface area contributed by atoms with Crippen molar-refractivity contribution in [3.63, 3.8) is 0 Å². The van der Waals surface area contributed by atoms with Crippen LogP contribution in [-0.4, -0.2) is 42.9 Å². The number of aromatic amines is 1. The number of pyridine rings is 2. The smallest absolute Gasteiger partial charge is 0.275 e. The van der Waals surface area contributed by atoms with Gasteiger partial charge in [0.05, 0.1) is 23.3 Å². The predicted octanol–water partition coefficient (Wildman–Crippen LogP) is 3.76. The highest BCUT2D eigenvalue weighted by Crippen LogP contribution is 2.24. The van der Waals surface area contributed by atoms with Gasteiger partial charge in [-0.3, -0.25) is 14.6 Å². The van der Waals surface area contributed by atoms with Crippen LogP contribution >= 0.6 is 0 Å². The zero-order valence-corrected chi connectivity index (χ0v) is 18.8. The largest absolute Gasteiger partial charge is 0.508 e. The van der Waals surface area contributed by atoms with E-state index in [4.69, 9.17) is 0 Å². The molecule has 0 fully saturated rings. The average Bonchev–Trinajstić information content (AvgIpc) is 3.30. The lowest BCUT2D eigenvalue weighted by Crippen LogP contribution is -2.33. The second kappa shape index (κ2) is 9.22. The first-order chi connectivity index (χ1) is 17.0. The van der Waals surface area contributed by atoms with Gasteiger partial charge < -0.3 is 20.7 Å². The van der Waals surface area contributed by atoms with E-state index in [0.29, 0.717) is 40.4 Å². The predicted molar refractivity (Wildman–Crippen MR) is 132 cm³/mol. The van der Waals surface area contributed by atoms with E-state index in [9.17, 15) is 14.7 Å². The van der Waals surface area contributed by atoms with Crippen LogP contribution in [0.5, 0.6) is 5.75 Å². The number of fused-ring (bicyclic) bond motifs is 1. The van der Waals surface area contributed by atoms with E-state index < -0.39 is 0 Å². The number of rotatable bonds is 5. The minimum atomic E-state index is -0.346. The summed E-state index contributed by atoms with van der Waals surface area (Å²) in [5.41, 5.74) is 3.75. The molecule has 4 aromatic rings. The number of carbonyl (C=O) groups excluding carboxylic acids is 2. The molecule has 1 unspecified atom stereocenters. The Bertz CT molecular complexity index is 1490. The highest BCUT2D eigenvalue weighted by molar-refractivity contribution is 6.03. The number of allylic oxidation sites excluding steroid dienone is 2. The molecular formula is C26H22N6O3. The van der Waals surface area contributed by atoms with Gasteiger partial charge in [-0.2, -0.15) is 0 Å². The molecule has 35 heavy (non-hydrogen) atoms. The van der Waals surface area contributed by atoms with E-state index in [1.54, 1.807) is 55.7 Å². The van der Waals surface area contributed by atoms with Crippen LogP contribution in [-0.2, 0) is 0 Å². The number of hydrogen-bond donors (Lipinski definition) is 4. The average molecular weight is 467 g/mol. The Morgan fingerprint density at radius 3 is 2.74 bits per heavy atom. The van der Waals surface area contributed by atoms with Gasteiger partial charge in [-0.05, 0) is 49.2 Å². The third-order valence-corrected chi connectivity index (χ3v) is 5.66. The van der Waals surface area contributed by atoms with Crippen molar-refractivity contribution in [1.82, 2.24) is 25.3 Å². The van der Waals surface area contributed by atoms with Crippen molar-refractivity contribution >= 4 is 34.2 Å². The Morgan fingerprint density at radius 2 is 2.00 bits per heavy atom. The number of aromatic nitrogens is 4. The molecule has 1 atom stereocenters. The molecule has 0 saturated carbocycles. The van der Waals surface area contributed by atoms with Crippen molar-refractivity contribution in [2.45, 2.75) is 19.4 Å². The zero-order chi connectivity index (χ0) is 24.4. The van der Waals surface area contributed by atoms with Gasteiger partial charge in [0.1, 0.15) is 23.1 Å². The van der Waals surface area contributed by atoms with E-state index in [0.717, 1.165) is 11.1 Å². The highest BCUT2D eigenvalue weighted by atomic mass is 16.3. The molecule has 0 spiro atoms. The van der Waals surface area contributed by atoms with Crippen LogP contribution in [0.3, 0.4) is 0 Å². The maximum Gasteiger partial charge on any atom is 0.275 e. The Balaban J connectivity index is 1.25. The number of benzene rings is 1. The molecule has 0 bridgehead atoms. The van der Waals surface area contributed by atoms with E-state index >= 15 is 0 Å². The molecule has 3 heterocycles. The van der Waals surface area contributed by atoms with E-state index in [1.165, 1.54) is 6.07 Å². The molecular weight excluding hydrogens is 444 g/mol. The number of carbonyl (C=O) groups is 2. The molecule has 1 aliphatic carbocycles. The van der Waals surface area contributed by atoms with Crippen LogP contribution in [0.4, 0.5) is 5.82 Å². The number of anilines is 1. The van der Waals surface area contributed by atoms with Gasteiger partial charge in [-0.25, -0.2) is 9.97 Å². The Hall–Kier alpha value is -4.79. The topological polar surface area (TPSA) is 133 Å². The molecule has 0 aliphatic heterocycles. The number of nitrogens with zero attached hydrogens (tertiary/aromatic N) is 3. The quantitative estimate of drug-likeness (QED) is 0.354. The van der Waals surface area contributed by atoms with Crippen LogP contribution in [0.2, 0.25) is 0 Å². The summed E-state index contributed by atoms with van der Waals surface area (Å²) in [7, 11) is 0. The van der Waals surface area contributed by atoms with Crippen LogP contribution in [0.15, 0.2) is 73.1 Å². The third kappa shape index (κ3) is 4.79. The fourth-order valence-electron chi connectivity index (χ4n) is 3.74. The summed E-state index contributed by atoms with van der Waals surface area (Å²) in [6.07, 6.45) is 9.62. The van der Waals surface area contributed by atoms with Crippen LogP contribution in [0, 0.1) is 6.92 Å². The summed E-state index contributed by atoms with van der Waals surface area (Å²) >= 11 is 0. The summed E-state index contributed by atoms with van der Waals surface area (Å²) in [6.45, 7) is 1.75. The molecule has 174 valence electrons. The lowest BCUT2D eigenvalue weighted by Gasteiger charge is -2.17. The molecule has 3 aromatic heterocycles. The molecule has 9 heteroatoms. The minimum absolute atomic E-state index is 0.153. The molecule has 2 amide bonds. The number of phenolic OH excluding ortho intramolecular Hbond substituents is 1. The maximum atomic E-state index is 12.5. The van der Waals surface area contributed by atoms with Gasteiger partial charge in [0, 0.05) is 23.4 Å². The van der Waals surface area contributed by atoms with Gasteiger partial charge in [-0.1, -0.05) is 24.3 Å². The van der Waals surface area contributed by atoms with Crippen molar-refractivity contribution in [2.75, 3.05) is 5.32 Å². The summed E-state index contributed by atoms with van der Waals surface area (Å²) in [5.74, 6) is 0.670. The molecule has 1 aliphatic rings. The van der Waals surface area contributed by atoms with Gasteiger partial charge in [0.2, 0.25) is 0 Å². The van der Waals surface area contributed by atoms with Gasteiger partial charge >= 0.3 is 0 Å². The van der Waals surface area contributed by atoms with Crippen molar-refractivity contribution in [3.8, 4) is 5.75 Å². The molecule has 9 nitrogen and oxygen atoms in total. The number of imidazole rings is 1. The van der Waals surface area contributed by atoms with Crippen molar-refractivity contribution in [3.05, 3.63) is 95.7 Å². The molecule has 1 aromatic carbocycles. The number of hydrogen-bond acceptors (Lipinski definition) is 6. The fourth-order valence-corrected chi connectivity index (χ4v) is 3.74. The monoisotopic (exact) mass is 466 g/mol. The first-order valence-corrected chi connectivity index (χ1v) is 11.0. The summed E-state index contributed by atoms with van der Waals surface area (Å²) in [6, 6.07) is 11.4. The number of aryl methyl sites for hydroxylation is 1. The van der Waals surface area contributed by atoms with Gasteiger partial charge in [-0.15, -0.1) is 0 Å². The van der Waals surface area contributed by atoms with Crippen molar-refractivity contribution in [1.29, 1.82) is 0 Å². The standard InChI is InChI=1S/C26H22N6O3/c1-15-12-17(7-10-22(15)33)25(34)29-18-8-5-16(6-9-18)24-30-20-13-23(28-14-21(20)31-24)32-26(35)19-4-2-3-11-27-19/h2-8,10-14,18,33H,9H2,1H3,(H,29,34)(H,30,31)(H,28,32,35). The number of nitrogens with one attached hydrogen (secondary N) is 3. The fraction of sp³-hybridized carbons (Fsp3) is 0.115. The second-order valence-corrected chi connectivity index (χ2v) is 8.18. The van der Waals surface area contributed by atoms with E-state index in [1.807, 2.05) is 18.2 Å². The Kier molecular flexibility index (Phi) is 5.80. The molecule has 0 radical (unpaired) electrons. The Labute approximate surface area is 200 Å². The van der Waals surface area contributed by atoms with Crippen LogP contribution in [0.1, 0.15) is 38.7 Å². The van der Waals surface area contributed by atoms with E-state index in [-0.39, 0.29) is 23.6 Å². The summed E-state index contributed by atoms with van der Waals surface area (Å²) in [4.78, 5) is 41.1. The second-order valence-electron chi connectivity index (χ2n) is 8.18. The number of amides is 2. The first kappa shape index (κ1) is 22.0. The number of H-pyrrole nitrogens is 1. The molecule has 4 N–H and O–H groups in total. The normalized spacial score (nSPS) is 15.0. The SMILES string of the molecule is Cc1cc(C(=O)NC2C=CC(c3nc4cc(NC(=O)c5ccccn5)ncc4[nH]3)=CC2)ccc1O. The Morgan fingerprint density at radius 1 is 1.11 bits per heavy atom. The molecule has 5 rings (SSSR count). The summed E-state index contributed by atoms with van der Waals surface area (Å²) in [5, 5.41) is 15.4. The lowest BCUT2D eigenvalue weighted by molar-refractivity contribution is 0.0943. The summed E-state index contributed by atoms with van der Waals surface area (Å²) < 4.78 is 0. The number of aromatic hydroxyl groups is 1.